The molecule has 0 radical (unpaired) electrons. The van der Waals surface area contributed by atoms with Crippen molar-refractivity contribution in [1.29, 1.82) is 0 Å². The second kappa shape index (κ2) is 6.70. The SMILES string of the molecule is Cc1ocnc1C(=O)NC(CCO)C1CCCCC1. The minimum atomic E-state index is -0.199. The molecule has 2 rings (SSSR count). The van der Waals surface area contributed by atoms with Crippen LogP contribution in [0.15, 0.2) is 10.8 Å². The first kappa shape index (κ1) is 14.1. The summed E-state index contributed by atoms with van der Waals surface area (Å²) in [5.41, 5.74) is 0.346. The van der Waals surface area contributed by atoms with Crippen molar-refractivity contribution < 1.29 is 14.3 Å². The zero-order valence-corrected chi connectivity index (χ0v) is 11.4. The molecule has 0 aliphatic heterocycles. The molecule has 0 aromatic carbocycles. The van der Waals surface area contributed by atoms with E-state index < -0.39 is 0 Å². The number of carbonyl (C=O) groups excluding carboxylic acids is 1. The van der Waals surface area contributed by atoms with E-state index in [2.05, 4.69) is 10.3 Å². The molecule has 1 fully saturated rings. The number of aromatic nitrogens is 1. The number of hydrogen-bond donors (Lipinski definition) is 2. The molecule has 0 spiro atoms. The lowest BCUT2D eigenvalue weighted by Gasteiger charge is -2.30. The standard InChI is InChI=1S/C14H22N2O3/c1-10-13(15-9-19-10)14(18)16-12(7-8-17)11-5-3-2-4-6-11/h9,11-12,17H,2-8H2,1H3,(H,16,18). The van der Waals surface area contributed by atoms with Gasteiger partial charge in [0.25, 0.3) is 5.91 Å². The van der Waals surface area contributed by atoms with Crippen molar-refractivity contribution in [3.63, 3.8) is 0 Å². The summed E-state index contributed by atoms with van der Waals surface area (Å²) >= 11 is 0. The van der Waals surface area contributed by atoms with Crippen LogP contribution in [0.4, 0.5) is 0 Å². The number of nitrogens with one attached hydrogen (secondary N) is 1. The molecule has 1 aliphatic carbocycles. The van der Waals surface area contributed by atoms with E-state index in [1.807, 2.05) is 0 Å². The van der Waals surface area contributed by atoms with E-state index in [9.17, 15) is 9.90 Å². The van der Waals surface area contributed by atoms with Gasteiger partial charge < -0.3 is 14.8 Å². The molecule has 0 saturated heterocycles. The summed E-state index contributed by atoms with van der Waals surface area (Å²) < 4.78 is 5.05. The highest BCUT2D eigenvalue weighted by Crippen LogP contribution is 2.27. The first-order valence-corrected chi connectivity index (χ1v) is 7.04. The highest BCUT2D eigenvalue weighted by molar-refractivity contribution is 5.93. The molecule has 1 aromatic heterocycles. The molecular formula is C14H22N2O3. The number of amides is 1. The third-order valence-electron chi connectivity index (χ3n) is 3.94. The molecule has 1 heterocycles. The van der Waals surface area contributed by atoms with Crippen LogP contribution in [-0.4, -0.2) is 28.6 Å². The van der Waals surface area contributed by atoms with Gasteiger partial charge in [-0.3, -0.25) is 4.79 Å². The minimum absolute atomic E-state index is 0.0360. The van der Waals surface area contributed by atoms with E-state index in [4.69, 9.17) is 4.42 Å². The van der Waals surface area contributed by atoms with Crippen LogP contribution >= 0.6 is 0 Å². The zero-order chi connectivity index (χ0) is 13.7. The van der Waals surface area contributed by atoms with Gasteiger partial charge in [0.1, 0.15) is 5.76 Å². The van der Waals surface area contributed by atoms with E-state index in [1.165, 1.54) is 25.7 Å². The topological polar surface area (TPSA) is 75.4 Å². The van der Waals surface area contributed by atoms with E-state index in [0.717, 1.165) is 12.8 Å². The van der Waals surface area contributed by atoms with Gasteiger partial charge in [-0.1, -0.05) is 19.3 Å². The maximum Gasteiger partial charge on any atom is 0.273 e. The molecular weight excluding hydrogens is 244 g/mol. The van der Waals surface area contributed by atoms with Crippen molar-refractivity contribution in [3.05, 3.63) is 17.8 Å². The predicted octanol–water partition coefficient (Wildman–Crippen LogP) is 2.04. The quantitative estimate of drug-likeness (QED) is 0.855. The molecule has 19 heavy (non-hydrogen) atoms. The number of aliphatic hydroxyl groups excluding tert-OH is 1. The lowest BCUT2D eigenvalue weighted by atomic mass is 9.82. The maximum atomic E-state index is 12.1. The van der Waals surface area contributed by atoms with Crippen LogP contribution in [0.5, 0.6) is 0 Å². The highest BCUT2D eigenvalue weighted by atomic mass is 16.3. The highest BCUT2D eigenvalue weighted by Gasteiger charge is 2.26. The molecule has 5 heteroatoms. The van der Waals surface area contributed by atoms with E-state index in [1.54, 1.807) is 6.92 Å². The molecule has 2 N–H and O–H groups in total. The van der Waals surface area contributed by atoms with Crippen molar-refractivity contribution in [3.8, 4) is 0 Å². The van der Waals surface area contributed by atoms with Crippen molar-refractivity contribution in [2.75, 3.05) is 6.61 Å². The van der Waals surface area contributed by atoms with Crippen molar-refractivity contribution in [2.24, 2.45) is 5.92 Å². The molecule has 1 aliphatic rings. The Balaban J connectivity index is 1.99. The first-order valence-electron chi connectivity index (χ1n) is 7.04. The predicted molar refractivity (Wildman–Crippen MR) is 70.8 cm³/mol. The van der Waals surface area contributed by atoms with Crippen LogP contribution in [-0.2, 0) is 0 Å². The lowest BCUT2D eigenvalue weighted by molar-refractivity contribution is 0.0893. The van der Waals surface area contributed by atoms with Gasteiger partial charge in [0.05, 0.1) is 0 Å². The first-order chi connectivity index (χ1) is 9.22. The Hall–Kier alpha value is -1.36. The molecule has 1 unspecified atom stereocenters. The van der Waals surface area contributed by atoms with Gasteiger partial charge in [0.2, 0.25) is 0 Å². The monoisotopic (exact) mass is 266 g/mol. The largest absolute Gasteiger partial charge is 0.448 e. The molecule has 5 nitrogen and oxygen atoms in total. The maximum absolute atomic E-state index is 12.1. The number of oxazole rings is 1. The normalized spacial score (nSPS) is 18.2. The van der Waals surface area contributed by atoms with Gasteiger partial charge in [0, 0.05) is 12.6 Å². The molecule has 0 bridgehead atoms. The number of aliphatic hydroxyl groups is 1. The second-order valence-corrected chi connectivity index (χ2v) is 5.25. The fraction of sp³-hybridized carbons (Fsp3) is 0.714. The molecule has 1 saturated carbocycles. The van der Waals surface area contributed by atoms with Gasteiger partial charge in [-0.2, -0.15) is 0 Å². The van der Waals surface area contributed by atoms with Crippen LogP contribution in [0.1, 0.15) is 54.8 Å². The fourth-order valence-electron chi connectivity index (χ4n) is 2.86. The van der Waals surface area contributed by atoms with Crippen LogP contribution in [0.2, 0.25) is 0 Å². The van der Waals surface area contributed by atoms with Gasteiger partial charge in [0.15, 0.2) is 12.1 Å². The van der Waals surface area contributed by atoms with Gasteiger partial charge in [-0.15, -0.1) is 0 Å². The summed E-state index contributed by atoms with van der Waals surface area (Å²) in [6.07, 6.45) is 7.85. The third-order valence-corrected chi connectivity index (χ3v) is 3.94. The number of carbonyl (C=O) groups is 1. The Bertz CT molecular complexity index is 411. The number of nitrogens with zero attached hydrogens (tertiary/aromatic N) is 1. The van der Waals surface area contributed by atoms with Crippen LogP contribution < -0.4 is 5.32 Å². The second-order valence-electron chi connectivity index (χ2n) is 5.25. The Morgan fingerprint density at radius 1 is 1.53 bits per heavy atom. The van der Waals surface area contributed by atoms with Crippen molar-refractivity contribution in [2.45, 2.75) is 51.5 Å². The summed E-state index contributed by atoms with van der Waals surface area (Å²) in [7, 11) is 0. The Morgan fingerprint density at radius 3 is 2.84 bits per heavy atom. The van der Waals surface area contributed by atoms with Crippen molar-refractivity contribution >= 4 is 5.91 Å². The number of rotatable bonds is 5. The van der Waals surface area contributed by atoms with Crippen LogP contribution in [0.3, 0.4) is 0 Å². The van der Waals surface area contributed by atoms with Crippen LogP contribution in [0.25, 0.3) is 0 Å². The molecule has 106 valence electrons. The van der Waals surface area contributed by atoms with Crippen molar-refractivity contribution in [1.82, 2.24) is 10.3 Å². The number of aryl methyl sites for hydroxylation is 1. The average molecular weight is 266 g/mol. The third kappa shape index (κ3) is 3.56. The van der Waals surface area contributed by atoms with Gasteiger partial charge >= 0.3 is 0 Å². The number of hydrogen-bond acceptors (Lipinski definition) is 4. The summed E-state index contributed by atoms with van der Waals surface area (Å²) in [5, 5.41) is 12.2. The molecule has 1 amide bonds. The summed E-state index contributed by atoms with van der Waals surface area (Å²) in [5.74, 6) is 0.802. The van der Waals surface area contributed by atoms with E-state index >= 15 is 0 Å². The minimum Gasteiger partial charge on any atom is -0.448 e. The van der Waals surface area contributed by atoms with E-state index in [0.29, 0.717) is 23.8 Å². The smallest absolute Gasteiger partial charge is 0.273 e. The molecule has 1 atom stereocenters. The lowest BCUT2D eigenvalue weighted by Crippen LogP contribution is -2.42. The Morgan fingerprint density at radius 2 is 2.26 bits per heavy atom. The zero-order valence-electron chi connectivity index (χ0n) is 11.4. The van der Waals surface area contributed by atoms with Crippen LogP contribution in [0, 0.1) is 12.8 Å². The van der Waals surface area contributed by atoms with Gasteiger partial charge in [-0.25, -0.2) is 4.98 Å². The average Bonchev–Trinajstić information content (AvgIpc) is 2.85. The summed E-state index contributed by atoms with van der Waals surface area (Å²) in [6, 6.07) is 0.0360. The summed E-state index contributed by atoms with van der Waals surface area (Å²) in [4.78, 5) is 16.1. The summed E-state index contributed by atoms with van der Waals surface area (Å²) in [6.45, 7) is 1.82. The Labute approximate surface area is 113 Å². The molecule has 1 aromatic rings. The Kier molecular flexibility index (Phi) is 4.96. The van der Waals surface area contributed by atoms with Gasteiger partial charge in [-0.05, 0) is 32.1 Å². The van der Waals surface area contributed by atoms with E-state index in [-0.39, 0.29) is 18.6 Å². The fourth-order valence-corrected chi connectivity index (χ4v) is 2.86.